The molecular formula is C17H16ClFN4O2. The molecule has 0 radical (unpaired) electrons. The summed E-state index contributed by atoms with van der Waals surface area (Å²) >= 11 is 6.06. The Hall–Kier alpha value is -2.80. The number of hydrogen-bond donors (Lipinski definition) is 1. The van der Waals surface area contributed by atoms with Gasteiger partial charge in [0.15, 0.2) is 11.5 Å². The van der Waals surface area contributed by atoms with Gasteiger partial charge in [0.25, 0.3) is 0 Å². The Kier molecular flexibility index (Phi) is 5.35. The summed E-state index contributed by atoms with van der Waals surface area (Å²) < 4.78 is 26.8. The van der Waals surface area contributed by atoms with E-state index in [2.05, 4.69) is 15.6 Å². The van der Waals surface area contributed by atoms with Crippen molar-refractivity contribution in [1.29, 1.82) is 0 Å². The van der Waals surface area contributed by atoms with Crippen LogP contribution in [0.5, 0.6) is 11.5 Å². The van der Waals surface area contributed by atoms with Crippen molar-refractivity contribution in [2.75, 3.05) is 12.5 Å². The zero-order chi connectivity index (χ0) is 17.6. The Morgan fingerprint density at radius 1 is 1.16 bits per heavy atom. The van der Waals surface area contributed by atoms with Crippen LogP contribution in [0.1, 0.15) is 11.1 Å². The van der Waals surface area contributed by atoms with Crippen LogP contribution in [-0.2, 0) is 13.2 Å². The average molecular weight is 363 g/mol. The third-order valence-corrected chi connectivity index (χ3v) is 3.93. The van der Waals surface area contributed by atoms with Crippen LogP contribution in [0.3, 0.4) is 0 Å². The molecule has 3 rings (SSSR count). The van der Waals surface area contributed by atoms with E-state index in [1.807, 2.05) is 12.1 Å². The van der Waals surface area contributed by atoms with Crippen molar-refractivity contribution in [2.24, 2.45) is 0 Å². The maximum Gasteiger partial charge on any atom is 0.166 e. The number of aromatic nitrogens is 3. The van der Waals surface area contributed by atoms with Crippen molar-refractivity contribution in [3.63, 3.8) is 0 Å². The lowest BCUT2D eigenvalue weighted by molar-refractivity contribution is 0.277. The summed E-state index contributed by atoms with van der Waals surface area (Å²) in [5, 5.41) is 7.77. The van der Waals surface area contributed by atoms with Gasteiger partial charge in [-0.2, -0.15) is 0 Å². The van der Waals surface area contributed by atoms with E-state index in [1.165, 1.54) is 6.07 Å². The number of ether oxygens (including phenoxy) is 2. The molecule has 3 aromatic rings. The van der Waals surface area contributed by atoms with Crippen LogP contribution in [-0.4, -0.2) is 22.0 Å². The van der Waals surface area contributed by atoms with E-state index >= 15 is 0 Å². The van der Waals surface area contributed by atoms with Gasteiger partial charge in [-0.15, -0.1) is 10.2 Å². The molecule has 0 unspecified atom stereocenters. The second-order valence-corrected chi connectivity index (χ2v) is 5.55. The molecule has 1 N–H and O–H groups in total. The Balaban J connectivity index is 1.81. The number of halogens is 2. The zero-order valence-electron chi connectivity index (χ0n) is 13.4. The minimum absolute atomic E-state index is 0.00842. The summed E-state index contributed by atoms with van der Waals surface area (Å²) in [6, 6.07) is 10.0. The number of benzene rings is 2. The second-order valence-electron chi connectivity index (χ2n) is 5.14. The minimum Gasteiger partial charge on any atom is -0.493 e. The van der Waals surface area contributed by atoms with Crippen LogP contribution >= 0.6 is 11.6 Å². The van der Waals surface area contributed by atoms with E-state index < -0.39 is 5.82 Å². The summed E-state index contributed by atoms with van der Waals surface area (Å²) in [7, 11) is 1.55. The molecule has 0 saturated carbocycles. The van der Waals surface area contributed by atoms with E-state index in [4.69, 9.17) is 21.1 Å². The largest absolute Gasteiger partial charge is 0.493 e. The van der Waals surface area contributed by atoms with Crippen molar-refractivity contribution in [1.82, 2.24) is 14.9 Å². The summed E-state index contributed by atoms with van der Waals surface area (Å²) in [6.07, 6.45) is 3.08. The van der Waals surface area contributed by atoms with E-state index in [0.29, 0.717) is 28.6 Å². The maximum atomic E-state index is 13.9. The molecule has 25 heavy (non-hydrogen) atoms. The van der Waals surface area contributed by atoms with Gasteiger partial charge in [-0.25, -0.2) is 9.07 Å². The summed E-state index contributed by atoms with van der Waals surface area (Å²) in [5.74, 6) is 0.659. The van der Waals surface area contributed by atoms with E-state index in [1.54, 1.807) is 42.6 Å². The van der Waals surface area contributed by atoms with Gasteiger partial charge >= 0.3 is 0 Å². The summed E-state index contributed by atoms with van der Waals surface area (Å²) in [4.78, 5) is 0. The monoisotopic (exact) mass is 362 g/mol. The van der Waals surface area contributed by atoms with E-state index in [-0.39, 0.29) is 6.61 Å². The lowest BCUT2D eigenvalue weighted by Crippen LogP contribution is -2.13. The Bertz CT molecular complexity index is 822. The predicted octanol–water partition coefficient (Wildman–Crippen LogP) is 3.40. The van der Waals surface area contributed by atoms with Gasteiger partial charge in [0, 0.05) is 11.1 Å². The minimum atomic E-state index is -0.411. The van der Waals surface area contributed by atoms with Crippen molar-refractivity contribution in [3.05, 3.63) is 71.0 Å². The molecule has 0 aliphatic rings. The SMILES string of the molecule is COc1cccc(CNn2cnnc2)c1OCc1c(F)cccc1Cl. The highest BCUT2D eigenvalue weighted by molar-refractivity contribution is 6.31. The molecule has 1 heterocycles. The molecule has 0 saturated heterocycles. The van der Waals surface area contributed by atoms with E-state index in [0.717, 1.165) is 5.56 Å². The molecular weight excluding hydrogens is 347 g/mol. The molecule has 0 spiro atoms. The normalized spacial score (nSPS) is 10.5. The first-order chi connectivity index (χ1) is 12.2. The van der Waals surface area contributed by atoms with Gasteiger partial charge in [-0.1, -0.05) is 29.8 Å². The Morgan fingerprint density at radius 2 is 1.92 bits per heavy atom. The lowest BCUT2D eigenvalue weighted by atomic mass is 10.1. The molecule has 8 heteroatoms. The molecule has 0 bridgehead atoms. The third-order valence-electron chi connectivity index (χ3n) is 3.57. The van der Waals surface area contributed by atoms with Crippen molar-refractivity contribution < 1.29 is 13.9 Å². The number of para-hydroxylation sites is 1. The summed E-state index contributed by atoms with van der Waals surface area (Å²) in [5.41, 5.74) is 4.24. The molecule has 0 aliphatic carbocycles. The molecule has 130 valence electrons. The quantitative estimate of drug-likeness (QED) is 0.698. The molecule has 1 aromatic heterocycles. The first-order valence-corrected chi connectivity index (χ1v) is 7.87. The van der Waals surface area contributed by atoms with Gasteiger partial charge in [-0.05, 0) is 18.2 Å². The maximum absolute atomic E-state index is 13.9. The molecule has 0 fully saturated rings. The smallest absolute Gasteiger partial charge is 0.166 e. The molecule has 6 nitrogen and oxygen atoms in total. The number of nitrogens with zero attached hydrogens (tertiary/aromatic N) is 3. The summed E-state index contributed by atoms with van der Waals surface area (Å²) in [6.45, 7) is 0.432. The highest BCUT2D eigenvalue weighted by atomic mass is 35.5. The molecule has 0 amide bonds. The van der Waals surface area contributed by atoms with Gasteiger partial charge in [0.2, 0.25) is 0 Å². The number of hydrogen-bond acceptors (Lipinski definition) is 5. The molecule has 2 aromatic carbocycles. The fourth-order valence-corrected chi connectivity index (χ4v) is 2.52. The molecule has 0 aliphatic heterocycles. The fraction of sp³-hybridized carbons (Fsp3) is 0.176. The number of methoxy groups -OCH3 is 1. The van der Waals surface area contributed by atoms with Gasteiger partial charge in [0.1, 0.15) is 25.1 Å². The standard InChI is InChI=1S/C17H16ClFN4O2/c1-24-16-7-2-4-12(8-22-23-10-20-21-11-23)17(16)25-9-13-14(18)5-3-6-15(13)19/h2-7,10-11,22H,8-9H2,1H3. The highest BCUT2D eigenvalue weighted by Crippen LogP contribution is 2.32. The van der Waals surface area contributed by atoms with Crippen LogP contribution in [0, 0.1) is 5.82 Å². The van der Waals surface area contributed by atoms with Gasteiger partial charge < -0.3 is 14.9 Å². The Morgan fingerprint density at radius 3 is 2.64 bits per heavy atom. The van der Waals surface area contributed by atoms with Crippen molar-refractivity contribution in [3.8, 4) is 11.5 Å². The Labute approximate surface area is 149 Å². The van der Waals surface area contributed by atoms with Crippen LogP contribution in [0.2, 0.25) is 5.02 Å². The van der Waals surface area contributed by atoms with Crippen LogP contribution in [0.4, 0.5) is 4.39 Å². The predicted molar refractivity (Wildman–Crippen MR) is 91.8 cm³/mol. The highest BCUT2D eigenvalue weighted by Gasteiger charge is 2.14. The zero-order valence-corrected chi connectivity index (χ0v) is 14.2. The van der Waals surface area contributed by atoms with E-state index in [9.17, 15) is 4.39 Å². The van der Waals surface area contributed by atoms with Gasteiger partial charge in [0.05, 0.1) is 18.7 Å². The molecule has 0 atom stereocenters. The first-order valence-electron chi connectivity index (χ1n) is 7.49. The fourth-order valence-electron chi connectivity index (χ4n) is 2.30. The van der Waals surface area contributed by atoms with Crippen molar-refractivity contribution in [2.45, 2.75) is 13.2 Å². The van der Waals surface area contributed by atoms with Crippen LogP contribution in [0.25, 0.3) is 0 Å². The first kappa shape index (κ1) is 17.0. The third kappa shape index (κ3) is 4.00. The number of nitrogens with one attached hydrogen (secondary N) is 1. The van der Waals surface area contributed by atoms with Gasteiger partial charge in [-0.3, -0.25) is 0 Å². The topological polar surface area (TPSA) is 61.2 Å². The second kappa shape index (κ2) is 7.85. The number of rotatable bonds is 7. The van der Waals surface area contributed by atoms with Crippen molar-refractivity contribution >= 4 is 11.6 Å². The average Bonchev–Trinajstić information content (AvgIpc) is 3.13. The van der Waals surface area contributed by atoms with Crippen LogP contribution in [0.15, 0.2) is 49.1 Å². The lowest BCUT2D eigenvalue weighted by Gasteiger charge is -2.16. The van der Waals surface area contributed by atoms with Crippen LogP contribution < -0.4 is 14.9 Å².